The molecule has 0 aliphatic heterocycles. The van der Waals surface area contributed by atoms with Crippen molar-refractivity contribution in [1.82, 2.24) is 10.2 Å². The number of carbonyl (C=O) groups excluding carboxylic acids is 2. The van der Waals surface area contributed by atoms with E-state index >= 15 is 0 Å². The van der Waals surface area contributed by atoms with E-state index in [1.165, 1.54) is 49.5 Å². The van der Waals surface area contributed by atoms with Gasteiger partial charge in [-0.1, -0.05) is 42.5 Å². The fraction of sp³-hybridized carbons (Fsp3) is 0.310. The number of benzene rings is 3. The molecule has 3 aromatic rings. The lowest BCUT2D eigenvalue weighted by Gasteiger charge is -2.33. The van der Waals surface area contributed by atoms with Crippen LogP contribution in [0.15, 0.2) is 72.8 Å². The molecule has 0 radical (unpaired) electrons. The molecule has 3 aromatic carbocycles. The van der Waals surface area contributed by atoms with Gasteiger partial charge in [0.05, 0.1) is 26.2 Å². The molecule has 0 saturated carbocycles. The lowest BCUT2D eigenvalue weighted by molar-refractivity contribution is -0.140. The van der Waals surface area contributed by atoms with Crippen LogP contribution in [0.4, 0.5) is 10.1 Å². The SMILES string of the molecule is CCNC(=O)[C@H](Cc1ccccc1)N(Cc1ccc(F)cc1)C(=O)CN(c1cc(OC)ccc1OC)S(C)(=O)=O. The molecule has 40 heavy (non-hydrogen) atoms. The molecule has 2 amide bonds. The van der Waals surface area contributed by atoms with Crippen molar-refractivity contribution in [2.45, 2.75) is 25.9 Å². The molecule has 3 rings (SSSR count). The van der Waals surface area contributed by atoms with E-state index in [1.807, 2.05) is 30.3 Å². The van der Waals surface area contributed by atoms with Gasteiger partial charge in [0.25, 0.3) is 0 Å². The quantitative estimate of drug-likeness (QED) is 0.337. The summed E-state index contributed by atoms with van der Waals surface area (Å²) in [6.45, 7) is 1.43. The van der Waals surface area contributed by atoms with Crippen molar-refractivity contribution in [2.24, 2.45) is 0 Å². The van der Waals surface area contributed by atoms with Crippen molar-refractivity contribution in [3.8, 4) is 11.5 Å². The average Bonchev–Trinajstić information content (AvgIpc) is 2.94. The number of carbonyl (C=O) groups is 2. The number of sulfonamides is 1. The maximum absolute atomic E-state index is 14.0. The summed E-state index contributed by atoms with van der Waals surface area (Å²) in [5.74, 6) is -0.893. The molecule has 0 heterocycles. The average molecular weight is 572 g/mol. The molecular weight excluding hydrogens is 537 g/mol. The van der Waals surface area contributed by atoms with Gasteiger partial charge in [0.2, 0.25) is 21.8 Å². The highest BCUT2D eigenvalue weighted by Crippen LogP contribution is 2.34. The highest BCUT2D eigenvalue weighted by molar-refractivity contribution is 7.92. The molecular formula is C29H34FN3O6S. The van der Waals surface area contributed by atoms with E-state index in [-0.39, 0.29) is 24.4 Å². The molecule has 0 saturated heterocycles. The number of rotatable bonds is 13. The predicted octanol–water partition coefficient (Wildman–Crippen LogP) is 3.39. The number of nitrogens with one attached hydrogen (secondary N) is 1. The Morgan fingerprint density at radius 3 is 2.20 bits per heavy atom. The van der Waals surface area contributed by atoms with Crippen molar-refractivity contribution in [3.05, 3.63) is 89.7 Å². The van der Waals surface area contributed by atoms with Crippen molar-refractivity contribution in [3.63, 3.8) is 0 Å². The van der Waals surface area contributed by atoms with E-state index in [4.69, 9.17) is 9.47 Å². The summed E-state index contributed by atoms with van der Waals surface area (Å²) in [6.07, 6.45) is 1.16. The first-order valence-corrected chi connectivity index (χ1v) is 14.5. The molecule has 0 fully saturated rings. The van der Waals surface area contributed by atoms with Crippen LogP contribution < -0.4 is 19.1 Å². The van der Waals surface area contributed by atoms with Gasteiger partial charge in [-0.3, -0.25) is 13.9 Å². The summed E-state index contributed by atoms with van der Waals surface area (Å²) in [7, 11) is -1.17. The number of anilines is 1. The number of amides is 2. The number of halogens is 1. The van der Waals surface area contributed by atoms with E-state index < -0.39 is 40.2 Å². The second kappa shape index (κ2) is 13.8. The van der Waals surface area contributed by atoms with Gasteiger partial charge in [-0.25, -0.2) is 12.8 Å². The highest BCUT2D eigenvalue weighted by Gasteiger charge is 2.33. The molecule has 9 nitrogen and oxygen atoms in total. The zero-order chi connectivity index (χ0) is 29.3. The highest BCUT2D eigenvalue weighted by atomic mass is 32.2. The van der Waals surface area contributed by atoms with Crippen LogP contribution in [-0.2, 0) is 32.6 Å². The zero-order valence-electron chi connectivity index (χ0n) is 23.0. The number of hydrogen-bond donors (Lipinski definition) is 1. The second-order valence-electron chi connectivity index (χ2n) is 9.06. The normalized spacial score (nSPS) is 11.8. The number of nitrogens with zero attached hydrogens (tertiary/aromatic N) is 2. The van der Waals surface area contributed by atoms with Gasteiger partial charge in [-0.15, -0.1) is 0 Å². The van der Waals surface area contributed by atoms with Gasteiger partial charge in [-0.2, -0.15) is 0 Å². The van der Waals surface area contributed by atoms with Crippen molar-refractivity contribution in [2.75, 3.05) is 37.9 Å². The van der Waals surface area contributed by atoms with Crippen LogP contribution >= 0.6 is 0 Å². The first kappa shape index (κ1) is 30.4. The van der Waals surface area contributed by atoms with E-state index in [9.17, 15) is 22.4 Å². The predicted molar refractivity (Wildman–Crippen MR) is 151 cm³/mol. The zero-order valence-corrected chi connectivity index (χ0v) is 23.8. The molecule has 0 aliphatic rings. The lowest BCUT2D eigenvalue weighted by Crippen LogP contribution is -2.53. The minimum atomic E-state index is -4.00. The number of likely N-dealkylation sites (N-methyl/N-ethyl adjacent to an activating group) is 1. The maximum atomic E-state index is 14.0. The Morgan fingerprint density at radius 2 is 1.62 bits per heavy atom. The van der Waals surface area contributed by atoms with Gasteiger partial charge in [0.15, 0.2) is 0 Å². The molecule has 0 unspecified atom stereocenters. The third-order valence-corrected chi connectivity index (χ3v) is 7.35. The lowest BCUT2D eigenvalue weighted by atomic mass is 10.0. The smallest absolute Gasteiger partial charge is 0.244 e. The largest absolute Gasteiger partial charge is 0.497 e. The molecule has 0 aromatic heterocycles. The van der Waals surface area contributed by atoms with Gasteiger partial charge < -0.3 is 19.7 Å². The Labute approximate surface area is 234 Å². The number of hydrogen-bond acceptors (Lipinski definition) is 6. The maximum Gasteiger partial charge on any atom is 0.244 e. The summed E-state index contributed by atoms with van der Waals surface area (Å²) in [4.78, 5) is 28.7. The molecule has 11 heteroatoms. The van der Waals surface area contributed by atoms with Crippen LogP contribution in [0.3, 0.4) is 0 Å². The fourth-order valence-electron chi connectivity index (χ4n) is 4.22. The van der Waals surface area contributed by atoms with Gasteiger partial charge in [0.1, 0.15) is 29.9 Å². The molecule has 0 bridgehead atoms. The molecule has 1 N–H and O–H groups in total. The van der Waals surface area contributed by atoms with E-state index in [0.29, 0.717) is 17.9 Å². The molecule has 214 valence electrons. The number of methoxy groups -OCH3 is 2. The number of ether oxygens (including phenoxy) is 2. The Hall–Kier alpha value is -4.12. The minimum absolute atomic E-state index is 0.0550. The Kier molecular flexibility index (Phi) is 10.5. The topological polar surface area (TPSA) is 105 Å². The summed E-state index contributed by atoms with van der Waals surface area (Å²) in [5, 5.41) is 2.78. The van der Waals surface area contributed by atoms with Crippen LogP contribution in [0.2, 0.25) is 0 Å². The third-order valence-electron chi connectivity index (χ3n) is 6.22. The Bertz CT molecular complexity index is 1400. The Balaban J connectivity index is 2.08. The van der Waals surface area contributed by atoms with Crippen LogP contribution in [0, 0.1) is 5.82 Å². The summed E-state index contributed by atoms with van der Waals surface area (Å²) >= 11 is 0. The van der Waals surface area contributed by atoms with Crippen LogP contribution in [0.5, 0.6) is 11.5 Å². The molecule has 0 aliphatic carbocycles. The van der Waals surface area contributed by atoms with Crippen molar-refractivity contribution in [1.29, 1.82) is 0 Å². The van der Waals surface area contributed by atoms with E-state index in [1.54, 1.807) is 19.1 Å². The second-order valence-corrected chi connectivity index (χ2v) is 11.0. The summed E-state index contributed by atoms with van der Waals surface area (Å²) in [5.41, 5.74) is 1.49. The van der Waals surface area contributed by atoms with Crippen molar-refractivity contribution >= 4 is 27.5 Å². The van der Waals surface area contributed by atoms with Crippen LogP contribution in [0.25, 0.3) is 0 Å². The Morgan fingerprint density at radius 1 is 0.950 bits per heavy atom. The third kappa shape index (κ3) is 7.95. The van der Waals surface area contributed by atoms with Crippen molar-refractivity contribution < 1.29 is 31.9 Å². The van der Waals surface area contributed by atoms with Gasteiger partial charge in [0, 0.05) is 25.6 Å². The molecule has 1 atom stereocenters. The molecule has 0 spiro atoms. The van der Waals surface area contributed by atoms with E-state index in [2.05, 4.69) is 5.32 Å². The summed E-state index contributed by atoms with van der Waals surface area (Å²) in [6, 6.07) is 18.4. The standard InChI is InChI=1S/C29H34FN3O6S/c1-5-31-29(35)26(17-21-9-7-6-8-10-21)32(19-22-11-13-23(30)14-12-22)28(34)20-33(40(4,36)37)25-18-24(38-2)15-16-27(25)39-3/h6-16,18,26H,5,17,19-20H2,1-4H3,(H,31,35)/t26-/m0/s1. The monoisotopic (exact) mass is 571 g/mol. The van der Waals surface area contributed by atoms with Gasteiger partial charge >= 0.3 is 0 Å². The van der Waals surface area contributed by atoms with Crippen LogP contribution in [-0.4, -0.2) is 64.7 Å². The minimum Gasteiger partial charge on any atom is -0.497 e. The van der Waals surface area contributed by atoms with Gasteiger partial charge in [-0.05, 0) is 42.3 Å². The first-order valence-electron chi connectivity index (χ1n) is 12.6. The fourth-order valence-corrected chi connectivity index (χ4v) is 5.06. The van der Waals surface area contributed by atoms with E-state index in [0.717, 1.165) is 16.1 Å². The van der Waals surface area contributed by atoms with Crippen LogP contribution in [0.1, 0.15) is 18.1 Å². The first-order chi connectivity index (χ1) is 19.1. The summed E-state index contributed by atoms with van der Waals surface area (Å²) < 4.78 is 51.2.